The van der Waals surface area contributed by atoms with E-state index in [1.807, 2.05) is 6.26 Å². The van der Waals surface area contributed by atoms with Crippen LogP contribution in [-0.2, 0) is 4.79 Å². The Labute approximate surface area is 116 Å². The minimum atomic E-state index is -0.425. The number of rotatable bonds is 5. The SMILES string of the molecule is COc1cccc(N2C(=O)NC(CCSC)C2=O)c1. The Balaban J connectivity index is 2.19. The molecule has 1 saturated heterocycles. The molecule has 0 radical (unpaired) electrons. The van der Waals surface area contributed by atoms with Crippen molar-refractivity contribution >= 4 is 29.4 Å². The lowest BCUT2D eigenvalue weighted by Gasteiger charge is -2.13. The monoisotopic (exact) mass is 280 g/mol. The molecule has 6 heteroatoms. The van der Waals surface area contributed by atoms with Crippen molar-refractivity contribution in [3.05, 3.63) is 24.3 Å². The van der Waals surface area contributed by atoms with E-state index in [9.17, 15) is 9.59 Å². The number of nitrogens with one attached hydrogen (secondary N) is 1. The molecule has 3 amide bonds. The highest BCUT2D eigenvalue weighted by Crippen LogP contribution is 2.25. The maximum absolute atomic E-state index is 12.2. The van der Waals surface area contributed by atoms with Gasteiger partial charge >= 0.3 is 6.03 Å². The molecule has 1 unspecified atom stereocenters. The van der Waals surface area contributed by atoms with Gasteiger partial charge in [-0.25, -0.2) is 9.69 Å². The van der Waals surface area contributed by atoms with Crippen molar-refractivity contribution < 1.29 is 14.3 Å². The number of imide groups is 1. The molecular weight excluding hydrogens is 264 g/mol. The van der Waals surface area contributed by atoms with Crippen LogP contribution in [0.3, 0.4) is 0 Å². The van der Waals surface area contributed by atoms with Crippen molar-refractivity contribution in [2.24, 2.45) is 0 Å². The topological polar surface area (TPSA) is 58.6 Å². The molecule has 5 nitrogen and oxygen atoms in total. The van der Waals surface area contributed by atoms with Crippen molar-refractivity contribution in [3.63, 3.8) is 0 Å². The standard InChI is InChI=1S/C13H16N2O3S/c1-18-10-5-3-4-9(8-10)15-12(16)11(6-7-19-2)14-13(15)17/h3-5,8,11H,6-7H2,1-2H3,(H,14,17). The fraction of sp³-hybridized carbons (Fsp3) is 0.385. The van der Waals surface area contributed by atoms with E-state index in [4.69, 9.17) is 4.74 Å². The zero-order valence-electron chi connectivity index (χ0n) is 10.9. The molecule has 1 N–H and O–H groups in total. The Hall–Kier alpha value is -1.69. The molecule has 0 spiro atoms. The summed E-state index contributed by atoms with van der Waals surface area (Å²) < 4.78 is 5.10. The number of amides is 3. The molecule has 1 atom stereocenters. The van der Waals surface area contributed by atoms with Crippen LogP contribution in [0, 0.1) is 0 Å². The van der Waals surface area contributed by atoms with Crippen LogP contribution in [0.25, 0.3) is 0 Å². The highest BCUT2D eigenvalue weighted by atomic mass is 32.2. The molecular formula is C13H16N2O3S. The lowest BCUT2D eigenvalue weighted by Crippen LogP contribution is -2.31. The number of nitrogens with zero attached hydrogens (tertiary/aromatic N) is 1. The molecule has 1 aromatic rings. The molecule has 102 valence electrons. The second-order valence-corrected chi connectivity index (χ2v) is 5.14. The lowest BCUT2D eigenvalue weighted by molar-refractivity contribution is -0.118. The van der Waals surface area contributed by atoms with Crippen LogP contribution >= 0.6 is 11.8 Å². The van der Waals surface area contributed by atoms with Gasteiger partial charge in [0.15, 0.2) is 0 Å². The third-order valence-corrected chi connectivity index (χ3v) is 3.59. The first kappa shape index (κ1) is 13.7. The predicted octanol–water partition coefficient (Wildman–Crippen LogP) is 1.87. The Morgan fingerprint density at radius 3 is 2.89 bits per heavy atom. The summed E-state index contributed by atoms with van der Waals surface area (Å²) in [6.45, 7) is 0. The summed E-state index contributed by atoms with van der Waals surface area (Å²) >= 11 is 1.65. The third kappa shape index (κ3) is 2.84. The average molecular weight is 280 g/mol. The third-order valence-electron chi connectivity index (χ3n) is 2.94. The van der Waals surface area contributed by atoms with Gasteiger partial charge in [-0.05, 0) is 30.6 Å². The van der Waals surface area contributed by atoms with E-state index in [2.05, 4.69) is 5.32 Å². The summed E-state index contributed by atoms with van der Waals surface area (Å²) in [5.74, 6) is 1.25. The van der Waals surface area contributed by atoms with E-state index in [0.717, 1.165) is 5.75 Å². The summed E-state index contributed by atoms with van der Waals surface area (Å²) in [6, 6.07) is 6.12. The van der Waals surface area contributed by atoms with Gasteiger partial charge in [0.1, 0.15) is 11.8 Å². The average Bonchev–Trinajstić information content (AvgIpc) is 2.71. The van der Waals surface area contributed by atoms with E-state index in [1.54, 1.807) is 43.1 Å². The first-order chi connectivity index (χ1) is 9.17. The molecule has 1 aliphatic heterocycles. The van der Waals surface area contributed by atoms with E-state index >= 15 is 0 Å². The summed E-state index contributed by atoms with van der Waals surface area (Å²) in [4.78, 5) is 25.3. The predicted molar refractivity (Wildman–Crippen MR) is 75.8 cm³/mol. The van der Waals surface area contributed by atoms with Gasteiger partial charge in [0.2, 0.25) is 0 Å². The number of urea groups is 1. The second-order valence-electron chi connectivity index (χ2n) is 4.16. The number of anilines is 1. The van der Waals surface area contributed by atoms with Gasteiger partial charge in [-0.2, -0.15) is 11.8 Å². The Morgan fingerprint density at radius 1 is 1.42 bits per heavy atom. The van der Waals surface area contributed by atoms with Gasteiger partial charge in [0.25, 0.3) is 5.91 Å². The maximum Gasteiger partial charge on any atom is 0.329 e. The van der Waals surface area contributed by atoms with Crippen LogP contribution in [-0.4, -0.2) is 37.1 Å². The maximum atomic E-state index is 12.2. The first-order valence-electron chi connectivity index (χ1n) is 5.95. The molecule has 1 aliphatic rings. The Morgan fingerprint density at radius 2 is 2.21 bits per heavy atom. The highest BCUT2D eigenvalue weighted by Gasteiger charge is 2.38. The first-order valence-corrected chi connectivity index (χ1v) is 7.34. The molecule has 1 fully saturated rings. The zero-order valence-corrected chi connectivity index (χ0v) is 11.7. The number of methoxy groups -OCH3 is 1. The molecule has 0 aliphatic carbocycles. The molecule has 1 heterocycles. The molecule has 0 saturated carbocycles. The Kier molecular flexibility index (Phi) is 4.31. The van der Waals surface area contributed by atoms with Crippen molar-refractivity contribution in [1.29, 1.82) is 0 Å². The van der Waals surface area contributed by atoms with Gasteiger partial charge in [-0.3, -0.25) is 4.79 Å². The molecule has 0 aromatic heterocycles. The minimum Gasteiger partial charge on any atom is -0.497 e. The van der Waals surface area contributed by atoms with Crippen LogP contribution in [0.4, 0.5) is 10.5 Å². The minimum absolute atomic E-state index is 0.202. The number of ether oxygens (including phenoxy) is 1. The quantitative estimate of drug-likeness (QED) is 0.837. The number of thioether (sulfide) groups is 1. The largest absolute Gasteiger partial charge is 0.497 e. The van der Waals surface area contributed by atoms with E-state index in [1.165, 1.54) is 4.90 Å². The summed E-state index contributed by atoms with van der Waals surface area (Å²) in [5.41, 5.74) is 0.536. The van der Waals surface area contributed by atoms with Gasteiger partial charge in [0.05, 0.1) is 12.8 Å². The van der Waals surface area contributed by atoms with Crippen molar-refractivity contribution in [2.75, 3.05) is 24.0 Å². The fourth-order valence-corrected chi connectivity index (χ4v) is 2.43. The highest BCUT2D eigenvalue weighted by molar-refractivity contribution is 7.98. The number of benzene rings is 1. The number of hydrogen-bond acceptors (Lipinski definition) is 4. The Bertz CT molecular complexity index is 493. The van der Waals surface area contributed by atoms with Crippen LogP contribution in [0.5, 0.6) is 5.75 Å². The van der Waals surface area contributed by atoms with Gasteiger partial charge in [-0.15, -0.1) is 0 Å². The van der Waals surface area contributed by atoms with Crippen LogP contribution < -0.4 is 15.0 Å². The summed E-state index contributed by atoms with van der Waals surface area (Å²) in [7, 11) is 1.55. The van der Waals surface area contributed by atoms with Gasteiger partial charge < -0.3 is 10.1 Å². The fourth-order valence-electron chi connectivity index (χ4n) is 1.96. The smallest absolute Gasteiger partial charge is 0.329 e. The second kappa shape index (κ2) is 5.97. The number of carbonyl (C=O) groups excluding carboxylic acids is 2. The van der Waals surface area contributed by atoms with Crippen molar-refractivity contribution in [1.82, 2.24) is 5.32 Å². The molecule has 19 heavy (non-hydrogen) atoms. The van der Waals surface area contributed by atoms with Gasteiger partial charge in [-0.1, -0.05) is 6.07 Å². The van der Waals surface area contributed by atoms with E-state index < -0.39 is 6.04 Å². The molecule has 0 bridgehead atoms. The molecule has 2 rings (SSSR count). The zero-order chi connectivity index (χ0) is 13.8. The van der Waals surface area contributed by atoms with Crippen molar-refractivity contribution in [3.8, 4) is 5.75 Å². The van der Waals surface area contributed by atoms with Crippen molar-refractivity contribution in [2.45, 2.75) is 12.5 Å². The van der Waals surface area contributed by atoms with Crippen LogP contribution in [0.1, 0.15) is 6.42 Å². The van der Waals surface area contributed by atoms with Crippen LogP contribution in [0.15, 0.2) is 24.3 Å². The van der Waals surface area contributed by atoms with Gasteiger partial charge in [0, 0.05) is 6.07 Å². The lowest BCUT2D eigenvalue weighted by atomic mass is 10.2. The normalized spacial score (nSPS) is 18.6. The molecule has 1 aromatic carbocycles. The summed E-state index contributed by atoms with van der Waals surface area (Å²) in [5, 5.41) is 2.71. The van der Waals surface area contributed by atoms with E-state index in [0.29, 0.717) is 17.9 Å². The number of carbonyl (C=O) groups is 2. The van der Waals surface area contributed by atoms with E-state index in [-0.39, 0.29) is 11.9 Å². The summed E-state index contributed by atoms with van der Waals surface area (Å²) in [6.07, 6.45) is 2.62. The number of hydrogen-bond donors (Lipinski definition) is 1. The van der Waals surface area contributed by atoms with Crippen LogP contribution in [0.2, 0.25) is 0 Å².